The van der Waals surface area contributed by atoms with Gasteiger partial charge in [-0.1, -0.05) is 6.07 Å². The summed E-state index contributed by atoms with van der Waals surface area (Å²) in [5, 5.41) is 5.98. The van der Waals surface area contributed by atoms with Crippen LogP contribution in [0.4, 0.5) is 13.2 Å². The zero-order valence-corrected chi connectivity index (χ0v) is 15.0. The first kappa shape index (κ1) is 21.1. The van der Waals surface area contributed by atoms with Gasteiger partial charge in [0, 0.05) is 20.2 Å². The van der Waals surface area contributed by atoms with Crippen molar-refractivity contribution in [2.75, 3.05) is 26.8 Å². The summed E-state index contributed by atoms with van der Waals surface area (Å²) in [6.07, 6.45) is -4.67. The first-order valence-electron chi connectivity index (χ1n) is 8.15. The van der Waals surface area contributed by atoms with Gasteiger partial charge in [0.15, 0.2) is 5.96 Å². The highest BCUT2D eigenvalue weighted by Crippen LogP contribution is 2.35. The fraction of sp³-hybridized carbons (Fsp3) is 0.588. The smallest absolute Gasteiger partial charge is 0.416 e. The highest BCUT2D eigenvalue weighted by molar-refractivity contribution is 5.79. The molecule has 0 fully saturated rings. The minimum absolute atomic E-state index is 0.0903. The van der Waals surface area contributed by atoms with Gasteiger partial charge >= 0.3 is 6.18 Å². The van der Waals surface area contributed by atoms with Gasteiger partial charge in [-0.2, -0.15) is 13.2 Å². The van der Waals surface area contributed by atoms with Crippen LogP contribution in [0.15, 0.2) is 23.2 Å². The molecule has 0 aliphatic rings. The molecule has 5 nitrogen and oxygen atoms in total. The lowest BCUT2D eigenvalue weighted by Crippen LogP contribution is -2.38. The van der Waals surface area contributed by atoms with Crippen molar-refractivity contribution in [3.05, 3.63) is 29.3 Å². The highest BCUT2D eigenvalue weighted by atomic mass is 19.4. The Labute approximate surface area is 146 Å². The summed E-state index contributed by atoms with van der Waals surface area (Å²) in [7, 11) is 1.57. The van der Waals surface area contributed by atoms with Crippen LogP contribution in [-0.4, -0.2) is 38.9 Å². The molecule has 142 valence electrons. The second kappa shape index (κ2) is 10.1. The Kier molecular flexibility index (Phi) is 8.54. The monoisotopic (exact) mass is 361 g/mol. The Bertz CT molecular complexity index is 561. The molecule has 25 heavy (non-hydrogen) atoms. The van der Waals surface area contributed by atoms with Crippen LogP contribution >= 0.6 is 0 Å². The highest BCUT2D eigenvalue weighted by Gasteiger charge is 2.33. The number of hydrogen-bond acceptors (Lipinski definition) is 3. The Morgan fingerprint density at radius 2 is 1.96 bits per heavy atom. The number of benzene rings is 1. The summed E-state index contributed by atoms with van der Waals surface area (Å²) in [4.78, 5) is 4.22. The number of rotatable bonds is 8. The van der Waals surface area contributed by atoms with E-state index >= 15 is 0 Å². The fourth-order valence-electron chi connectivity index (χ4n) is 2.08. The van der Waals surface area contributed by atoms with E-state index in [2.05, 4.69) is 15.6 Å². The van der Waals surface area contributed by atoms with Gasteiger partial charge in [-0.15, -0.1) is 0 Å². The third-order valence-corrected chi connectivity index (χ3v) is 3.11. The zero-order valence-electron chi connectivity index (χ0n) is 15.0. The molecule has 0 aromatic heterocycles. The lowest BCUT2D eigenvalue weighted by molar-refractivity contribution is -0.138. The summed E-state index contributed by atoms with van der Waals surface area (Å²) < 4.78 is 50.3. The van der Waals surface area contributed by atoms with Gasteiger partial charge < -0.3 is 20.1 Å². The number of methoxy groups -OCH3 is 1. The van der Waals surface area contributed by atoms with Gasteiger partial charge in [-0.3, -0.25) is 0 Å². The molecule has 0 heterocycles. The van der Waals surface area contributed by atoms with E-state index in [1.54, 1.807) is 21.0 Å². The number of guanidine groups is 1. The summed E-state index contributed by atoms with van der Waals surface area (Å²) in [6, 6.07) is 3.96. The maximum Gasteiger partial charge on any atom is 0.416 e. The molecule has 0 bridgehead atoms. The van der Waals surface area contributed by atoms with E-state index in [9.17, 15) is 13.2 Å². The molecule has 8 heteroatoms. The maximum absolute atomic E-state index is 13.3. The topological polar surface area (TPSA) is 54.9 Å². The van der Waals surface area contributed by atoms with Crippen molar-refractivity contribution in [1.82, 2.24) is 10.6 Å². The molecule has 0 amide bonds. The van der Waals surface area contributed by atoms with Gasteiger partial charge in [-0.05, 0) is 38.5 Å². The molecule has 0 aliphatic carbocycles. The summed E-state index contributed by atoms with van der Waals surface area (Å²) in [6.45, 7) is 6.90. The molecule has 0 aliphatic heterocycles. The first-order valence-corrected chi connectivity index (χ1v) is 8.15. The van der Waals surface area contributed by atoms with Crippen molar-refractivity contribution in [2.24, 2.45) is 4.99 Å². The second-order valence-electron chi connectivity index (χ2n) is 5.60. The van der Waals surface area contributed by atoms with Crippen molar-refractivity contribution < 1.29 is 22.6 Å². The van der Waals surface area contributed by atoms with E-state index in [1.807, 2.05) is 6.92 Å². The van der Waals surface area contributed by atoms with Crippen LogP contribution in [0.3, 0.4) is 0 Å². The number of alkyl halides is 3. The van der Waals surface area contributed by atoms with Gasteiger partial charge in [0.05, 0.1) is 24.8 Å². The van der Waals surface area contributed by atoms with Crippen molar-refractivity contribution in [2.45, 2.75) is 39.6 Å². The molecule has 1 aromatic rings. The largest absolute Gasteiger partial charge is 0.491 e. The molecule has 0 saturated heterocycles. The first-order chi connectivity index (χ1) is 11.8. The molecule has 0 unspecified atom stereocenters. The van der Waals surface area contributed by atoms with E-state index < -0.39 is 11.7 Å². The van der Waals surface area contributed by atoms with Gasteiger partial charge in [0.25, 0.3) is 0 Å². The average Bonchev–Trinajstić information content (AvgIpc) is 2.52. The van der Waals surface area contributed by atoms with Crippen molar-refractivity contribution in [3.63, 3.8) is 0 Å². The number of aliphatic imine (C=N–C) groups is 1. The van der Waals surface area contributed by atoms with Crippen LogP contribution in [0, 0.1) is 0 Å². The Hall–Kier alpha value is -1.96. The average molecular weight is 361 g/mol. The number of nitrogens with one attached hydrogen (secondary N) is 2. The summed E-state index contributed by atoms with van der Waals surface area (Å²) >= 11 is 0. The maximum atomic E-state index is 13.3. The Balaban J connectivity index is 2.99. The van der Waals surface area contributed by atoms with E-state index in [4.69, 9.17) is 9.47 Å². The number of hydrogen-bond donors (Lipinski definition) is 2. The molecule has 0 atom stereocenters. The normalized spacial score (nSPS) is 12.4. The van der Waals surface area contributed by atoms with Crippen molar-refractivity contribution in [1.29, 1.82) is 0 Å². The molecule has 1 aromatic carbocycles. The third-order valence-electron chi connectivity index (χ3n) is 3.11. The molecule has 1 rings (SSSR count). The quantitative estimate of drug-likeness (QED) is 0.424. The SMILES string of the molecule is CCNC(=NCc1ccc(OC(C)C)cc1C(F)(F)F)NCCOC. The summed E-state index contributed by atoms with van der Waals surface area (Å²) in [5.74, 6) is 0.635. The molecular weight excluding hydrogens is 335 g/mol. The lowest BCUT2D eigenvalue weighted by Gasteiger charge is -2.16. The van der Waals surface area contributed by atoms with E-state index in [1.165, 1.54) is 12.1 Å². The van der Waals surface area contributed by atoms with Crippen LogP contribution in [0.2, 0.25) is 0 Å². The van der Waals surface area contributed by atoms with Gasteiger partial charge in [-0.25, -0.2) is 4.99 Å². The lowest BCUT2D eigenvalue weighted by atomic mass is 10.1. The van der Waals surface area contributed by atoms with Gasteiger partial charge in [0.1, 0.15) is 5.75 Å². The Morgan fingerprint density at radius 1 is 1.24 bits per heavy atom. The van der Waals surface area contributed by atoms with E-state index in [0.717, 1.165) is 6.07 Å². The van der Waals surface area contributed by atoms with Crippen LogP contribution in [0.5, 0.6) is 5.75 Å². The fourth-order valence-corrected chi connectivity index (χ4v) is 2.08. The molecule has 0 spiro atoms. The molecular formula is C17H26F3N3O2. The van der Waals surface area contributed by atoms with Gasteiger partial charge in [0.2, 0.25) is 0 Å². The van der Waals surface area contributed by atoms with Crippen LogP contribution in [-0.2, 0) is 17.5 Å². The van der Waals surface area contributed by atoms with Crippen molar-refractivity contribution in [3.8, 4) is 5.75 Å². The van der Waals surface area contributed by atoms with E-state index in [0.29, 0.717) is 25.7 Å². The second-order valence-corrected chi connectivity index (χ2v) is 5.60. The standard InChI is InChI=1S/C17H26F3N3O2/c1-5-21-16(22-8-9-24-4)23-11-13-6-7-14(25-12(2)3)10-15(13)17(18,19)20/h6-7,10,12H,5,8-9,11H2,1-4H3,(H2,21,22,23). The van der Waals surface area contributed by atoms with Crippen LogP contribution < -0.4 is 15.4 Å². The zero-order chi connectivity index (χ0) is 18.9. The minimum Gasteiger partial charge on any atom is -0.491 e. The Morgan fingerprint density at radius 3 is 2.52 bits per heavy atom. The summed E-state index contributed by atoms with van der Waals surface area (Å²) in [5.41, 5.74) is -0.644. The number of halogens is 3. The number of nitrogens with zero attached hydrogens (tertiary/aromatic N) is 1. The number of ether oxygens (including phenoxy) is 2. The molecule has 2 N–H and O–H groups in total. The third kappa shape index (κ3) is 7.64. The minimum atomic E-state index is -4.47. The predicted molar refractivity (Wildman–Crippen MR) is 91.9 cm³/mol. The predicted octanol–water partition coefficient (Wildman–Crippen LogP) is 3.19. The molecule has 0 radical (unpaired) electrons. The van der Waals surface area contributed by atoms with Crippen molar-refractivity contribution >= 4 is 5.96 Å². The molecule has 0 saturated carbocycles. The van der Waals surface area contributed by atoms with Crippen LogP contribution in [0.25, 0.3) is 0 Å². The van der Waals surface area contributed by atoms with E-state index in [-0.39, 0.29) is 24.0 Å². The van der Waals surface area contributed by atoms with Crippen LogP contribution in [0.1, 0.15) is 31.9 Å².